The van der Waals surface area contributed by atoms with E-state index in [-0.39, 0.29) is 24.3 Å². The number of nitrogens with two attached hydrogens (primary N) is 1. The third-order valence-electron chi connectivity index (χ3n) is 3.44. The molecular formula is C15H19NO3. The van der Waals surface area contributed by atoms with Gasteiger partial charge in [-0.1, -0.05) is 18.2 Å². The summed E-state index contributed by atoms with van der Waals surface area (Å²) in [4.78, 5) is 11.6. The van der Waals surface area contributed by atoms with E-state index in [9.17, 15) is 4.79 Å². The van der Waals surface area contributed by atoms with Gasteiger partial charge in [0.2, 0.25) is 0 Å². The zero-order valence-corrected chi connectivity index (χ0v) is 11.5. The molecule has 1 aromatic heterocycles. The zero-order valence-electron chi connectivity index (χ0n) is 11.5. The fraction of sp³-hybridized carbons (Fsp3) is 0.400. The van der Waals surface area contributed by atoms with Crippen LogP contribution in [-0.4, -0.2) is 19.1 Å². The van der Waals surface area contributed by atoms with Crippen molar-refractivity contribution in [3.05, 3.63) is 35.6 Å². The van der Waals surface area contributed by atoms with Gasteiger partial charge in [-0.2, -0.15) is 0 Å². The van der Waals surface area contributed by atoms with Gasteiger partial charge in [0.15, 0.2) is 0 Å². The fourth-order valence-corrected chi connectivity index (χ4v) is 2.46. The summed E-state index contributed by atoms with van der Waals surface area (Å²) >= 11 is 0. The molecule has 4 nitrogen and oxygen atoms in total. The molecule has 2 atom stereocenters. The first-order valence-electron chi connectivity index (χ1n) is 6.35. The Balaban J connectivity index is 2.49. The molecule has 0 aliphatic carbocycles. The molecule has 102 valence electrons. The molecule has 4 heteroatoms. The quantitative estimate of drug-likeness (QED) is 0.859. The summed E-state index contributed by atoms with van der Waals surface area (Å²) in [5.74, 6) is 0.454. The van der Waals surface area contributed by atoms with Gasteiger partial charge in [-0.25, -0.2) is 0 Å². The predicted octanol–water partition coefficient (Wildman–Crippen LogP) is 2.74. The summed E-state index contributed by atoms with van der Waals surface area (Å²) in [6, 6.07) is 7.64. The molecule has 0 spiro atoms. The van der Waals surface area contributed by atoms with Gasteiger partial charge in [-0.15, -0.1) is 0 Å². The van der Waals surface area contributed by atoms with Crippen molar-refractivity contribution in [2.45, 2.75) is 32.2 Å². The van der Waals surface area contributed by atoms with Crippen LogP contribution in [0.1, 0.15) is 30.6 Å². The second kappa shape index (κ2) is 5.45. The summed E-state index contributed by atoms with van der Waals surface area (Å²) in [7, 11) is 1.39. The fourth-order valence-electron chi connectivity index (χ4n) is 2.46. The van der Waals surface area contributed by atoms with Crippen molar-refractivity contribution in [1.29, 1.82) is 0 Å². The molecular weight excluding hydrogens is 242 g/mol. The summed E-state index contributed by atoms with van der Waals surface area (Å²) in [6.45, 7) is 3.80. The van der Waals surface area contributed by atoms with E-state index in [2.05, 4.69) is 0 Å². The van der Waals surface area contributed by atoms with Crippen LogP contribution in [0.5, 0.6) is 0 Å². The normalized spacial score (nSPS) is 14.3. The van der Waals surface area contributed by atoms with Crippen molar-refractivity contribution in [2.24, 2.45) is 5.73 Å². The Kier molecular flexibility index (Phi) is 3.90. The minimum absolute atomic E-state index is 0.101. The molecule has 0 aliphatic heterocycles. The minimum Gasteiger partial charge on any atom is -0.469 e. The number of hydrogen-bond acceptors (Lipinski definition) is 4. The highest BCUT2D eigenvalue weighted by molar-refractivity contribution is 5.84. The number of benzene rings is 1. The number of carbonyl (C=O) groups excluding carboxylic acids is 1. The van der Waals surface area contributed by atoms with E-state index in [0.717, 1.165) is 22.3 Å². The second-order valence-corrected chi connectivity index (χ2v) is 4.81. The van der Waals surface area contributed by atoms with E-state index in [1.807, 2.05) is 38.1 Å². The highest BCUT2D eigenvalue weighted by Gasteiger charge is 2.26. The number of rotatable bonds is 4. The number of fused-ring (bicyclic) bond motifs is 1. The maximum absolute atomic E-state index is 11.6. The molecule has 0 aliphatic rings. The van der Waals surface area contributed by atoms with E-state index >= 15 is 0 Å². The number of furan rings is 1. The lowest BCUT2D eigenvalue weighted by Gasteiger charge is -2.19. The Hall–Kier alpha value is -1.81. The van der Waals surface area contributed by atoms with Crippen LogP contribution in [0.25, 0.3) is 11.0 Å². The van der Waals surface area contributed by atoms with E-state index in [1.54, 1.807) is 0 Å². The molecule has 0 saturated carbocycles. The number of carbonyl (C=O) groups is 1. The zero-order chi connectivity index (χ0) is 14.0. The third kappa shape index (κ3) is 2.63. The van der Waals surface area contributed by atoms with Crippen molar-refractivity contribution in [3.63, 3.8) is 0 Å². The van der Waals surface area contributed by atoms with E-state index in [0.29, 0.717) is 0 Å². The van der Waals surface area contributed by atoms with Gasteiger partial charge < -0.3 is 14.9 Å². The van der Waals surface area contributed by atoms with Crippen LogP contribution in [0.3, 0.4) is 0 Å². The van der Waals surface area contributed by atoms with Crippen molar-refractivity contribution < 1.29 is 13.9 Å². The van der Waals surface area contributed by atoms with Gasteiger partial charge in [0.25, 0.3) is 0 Å². The Morgan fingerprint density at radius 3 is 2.74 bits per heavy atom. The average molecular weight is 261 g/mol. The first kappa shape index (κ1) is 13.6. The Labute approximate surface area is 112 Å². The molecule has 0 amide bonds. The van der Waals surface area contributed by atoms with Crippen LogP contribution < -0.4 is 5.73 Å². The molecule has 19 heavy (non-hydrogen) atoms. The van der Waals surface area contributed by atoms with Gasteiger partial charge >= 0.3 is 5.97 Å². The smallest absolute Gasteiger partial charge is 0.306 e. The molecule has 0 fully saturated rings. The standard InChI is InChI=1S/C15H19NO3/c1-9(16)12(8-14(17)18-3)15-10(2)19-13-7-5-4-6-11(13)15/h4-7,9,12H,8,16H2,1-3H3. The molecule has 2 N–H and O–H groups in total. The Morgan fingerprint density at radius 1 is 1.42 bits per heavy atom. The van der Waals surface area contributed by atoms with Gasteiger partial charge in [-0.05, 0) is 19.9 Å². The summed E-state index contributed by atoms with van der Waals surface area (Å²) in [6.07, 6.45) is 0.262. The SMILES string of the molecule is COC(=O)CC(c1c(C)oc2ccccc12)C(C)N. The largest absolute Gasteiger partial charge is 0.469 e. The number of methoxy groups -OCH3 is 1. The molecule has 2 rings (SSSR count). The maximum atomic E-state index is 11.6. The highest BCUT2D eigenvalue weighted by atomic mass is 16.5. The second-order valence-electron chi connectivity index (χ2n) is 4.81. The van der Waals surface area contributed by atoms with E-state index < -0.39 is 0 Å². The lowest BCUT2D eigenvalue weighted by molar-refractivity contribution is -0.141. The van der Waals surface area contributed by atoms with E-state index in [4.69, 9.17) is 14.9 Å². The minimum atomic E-state index is -0.257. The Morgan fingerprint density at radius 2 is 2.11 bits per heavy atom. The summed E-state index contributed by atoms with van der Waals surface area (Å²) in [5.41, 5.74) is 7.88. The average Bonchev–Trinajstić information content (AvgIpc) is 2.71. The van der Waals surface area contributed by atoms with Gasteiger partial charge in [0.05, 0.1) is 13.5 Å². The van der Waals surface area contributed by atoms with Gasteiger partial charge in [0.1, 0.15) is 11.3 Å². The summed E-state index contributed by atoms with van der Waals surface area (Å²) < 4.78 is 10.5. The first-order valence-corrected chi connectivity index (χ1v) is 6.35. The van der Waals surface area contributed by atoms with Crippen molar-refractivity contribution in [3.8, 4) is 0 Å². The number of ether oxygens (including phenoxy) is 1. The highest BCUT2D eigenvalue weighted by Crippen LogP contribution is 2.34. The van der Waals surface area contributed by atoms with Crippen LogP contribution in [0, 0.1) is 6.92 Å². The predicted molar refractivity (Wildman–Crippen MR) is 74.0 cm³/mol. The first-order chi connectivity index (χ1) is 9.04. The number of esters is 1. The van der Waals surface area contributed by atoms with Crippen molar-refractivity contribution in [2.75, 3.05) is 7.11 Å². The topological polar surface area (TPSA) is 65.5 Å². The van der Waals surface area contributed by atoms with Crippen LogP contribution in [0.2, 0.25) is 0 Å². The monoisotopic (exact) mass is 261 g/mol. The molecule has 2 unspecified atom stereocenters. The van der Waals surface area contributed by atoms with Gasteiger partial charge in [-0.3, -0.25) is 4.79 Å². The maximum Gasteiger partial charge on any atom is 0.306 e. The number of para-hydroxylation sites is 1. The lowest BCUT2D eigenvalue weighted by atomic mass is 9.88. The van der Waals surface area contributed by atoms with Crippen LogP contribution in [0.4, 0.5) is 0 Å². The molecule has 0 saturated heterocycles. The van der Waals surface area contributed by atoms with E-state index in [1.165, 1.54) is 7.11 Å². The van der Waals surface area contributed by atoms with Crippen LogP contribution in [-0.2, 0) is 9.53 Å². The third-order valence-corrected chi connectivity index (χ3v) is 3.44. The van der Waals surface area contributed by atoms with Crippen LogP contribution >= 0.6 is 0 Å². The molecule has 1 aromatic carbocycles. The number of hydrogen-bond donors (Lipinski definition) is 1. The summed E-state index contributed by atoms with van der Waals surface area (Å²) in [5, 5.41) is 1.02. The van der Waals surface area contributed by atoms with Gasteiger partial charge in [0, 0.05) is 22.9 Å². The van der Waals surface area contributed by atoms with Crippen LogP contribution in [0.15, 0.2) is 28.7 Å². The Bertz CT molecular complexity index is 586. The van der Waals surface area contributed by atoms with Crippen molar-refractivity contribution >= 4 is 16.9 Å². The molecule has 1 heterocycles. The molecule has 2 aromatic rings. The lowest BCUT2D eigenvalue weighted by Crippen LogP contribution is -2.27. The molecule has 0 bridgehead atoms. The number of aryl methyl sites for hydroxylation is 1. The molecule has 0 radical (unpaired) electrons. The van der Waals surface area contributed by atoms with Crippen molar-refractivity contribution in [1.82, 2.24) is 0 Å².